The number of Topliss-reactive ketones (excluding diaryl/α,β-unsaturated/α-hetero) is 1. The highest BCUT2D eigenvalue weighted by Crippen LogP contribution is 2.34. The molecule has 1 aliphatic heterocycles. The smallest absolute Gasteiger partial charge is 0.295 e. The summed E-state index contributed by atoms with van der Waals surface area (Å²) in [6.07, 6.45) is 7.45. The van der Waals surface area contributed by atoms with Gasteiger partial charge in [0.25, 0.3) is 11.7 Å². The van der Waals surface area contributed by atoms with Crippen LogP contribution in [-0.4, -0.2) is 53.4 Å². The van der Waals surface area contributed by atoms with Crippen molar-refractivity contribution in [3.8, 4) is 11.6 Å². The number of aromatic amines is 1. The highest BCUT2D eigenvalue weighted by atomic mass is 16.5. The number of ketones is 1. The number of fused-ring (bicyclic) bond motifs is 1. The van der Waals surface area contributed by atoms with E-state index >= 15 is 0 Å². The molecule has 3 rings (SSSR count). The Morgan fingerprint density at radius 2 is 2.14 bits per heavy atom. The number of piperidine rings is 1. The van der Waals surface area contributed by atoms with E-state index in [1.165, 1.54) is 26.6 Å². The summed E-state index contributed by atoms with van der Waals surface area (Å²) in [6.45, 7) is 6.73. The Bertz CT molecular complexity index is 902. The molecule has 0 spiro atoms. The number of rotatable bonds is 7. The van der Waals surface area contributed by atoms with Gasteiger partial charge in [0.2, 0.25) is 5.88 Å². The predicted octanol–water partition coefficient (Wildman–Crippen LogP) is 3.50. The number of carbonyl (C=O) groups excluding carboxylic acids is 2. The summed E-state index contributed by atoms with van der Waals surface area (Å²) in [4.78, 5) is 35.1. The van der Waals surface area contributed by atoms with Crippen LogP contribution in [0.4, 0.5) is 0 Å². The van der Waals surface area contributed by atoms with Crippen molar-refractivity contribution < 1.29 is 19.1 Å². The minimum absolute atomic E-state index is 0.0287. The molecule has 7 nitrogen and oxygen atoms in total. The molecule has 0 aromatic carbocycles. The molecule has 7 heteroatoms. The fourth-order valence-corrected chi connectivity index (χ4v) is 3.80. The molecule has 150 valence electrons. The normalized spacial score (nSPS) is 17.0. The molecular weight excluding hydrogens is 358 g/mol. The van der Waals surface area contributed by atoms with E-state index in [1.54, 1.807) is 4.90 Å². The van der Waals surface area contributed by atoms with Crippen molar-refractivity contribution in [3.63, 3.8) is 0 Å². The minimum atomic E-state index is -0.549. The molecular formula is C21H27N3O4. The fourth-order valence-electron chi connectivity index (χ4n) is 3.80. The first-order valence-electron chi connectivity index (χ1n) is 9.61. The molecule has 1 N–H and O–H groups in total. The second kappa shape index (κ2) is 8.46. The van der Waals surface area contributed by atoms with Crippen molar-refractivity contribution in [3.05, 3.63) is 30.1 Å². The zero-order valence-corrected chi connectivity index (χ0v) is 16.7. The van der Waals surface area contributed by atoms with Crippen molar-refractivity contribution >= 4 is 22.6 Å². The standard InChI is InChI=1S/C21H27N3O4/c1-5-6-7-14-10-13(2)8-9-24(14)21(26)19(25)15-11-22-18-17(15)16(27-3)12-23-20(18)28-4/h11-12,14,22H,2,5-10H2,1,3-4H3. The van der Waals surface area contributed by atoms with Gasteiger partial charge in [-0.1, -0.05) is 31.9 Å². The van der Waals surface area contributed by atoms with Crippen molar-refractivity contribution in [2.45, 2.75) is 45.1 Å². The van der Waals surface area contributed by atoms with Gasteiger partial charge in [0.05, 0.1) is 31.4 Å². The number of nitrogens with one attached hydrogen (secondary N) is 1. The Balaban J connectivity index is 1.94. The maximum absolute atomic E-state index is 13.1. The summed E-state index contributed by atoms with van der Waals surface area (Å²) < 4.78 is 10.6. The zero-order valence-electron chi connectivity index (χ0n) is 16.7. The van der Waals surface area contributed by atoms with Crippen molar-refractivity contribution in [2.24, 2.45) is 0 Å². The fraction of sp³-hybridized carbons (Fsp3) is 0.476. The van der Waals surface area contributed by atoms with Gasteiger partial charge in [0.15, 0.2) is 0 Å². The van der Waals surface area contributed by atoms with Gasteiger partial charge >= 0.3 is 0 Å². The van der Waals surface area contributed by atoms with Crippen molar-refractivity contribution in [2.75, 3.05) is 20.8 Å². The van der Waals surface area contributed by atoms with Gasteiger partial charge in [-0.05, 0) is 19.3 Å². The SMILES string of the molecule is C=C1CCN(C(=O)C(=O)c2c[nH]c3c(OC)ncc(OC)c23)C(CCCC)C1. The Morgan fingerprint density at radius 1 is 1.36 bits per heavy atom. The van der Waals surface area contributed by atoms with Crippen LogP contribution in [0.25, 0.3) is 10.9 Å². The lowest BCUT2D eigenvalue weighted by atomic mass is 9.93. The second-order valence-corrected chi connectivity index (χ2v) is 7.12. The van der Waals surface area contributed by atoms with E-state index in [0.29, 0.717) is 29.1 Å². The molecule has 1 saturated heterocycles. The number of hydrogen-bond acceptors (Lipinski definition) is 5. The number of likely N-dealkylation sites (tertiary alicyclic amines) is 1. The first-order valence-corrected chi connectivity index (χ1v) is 9.61. The number of methoxy groups -OCH3 is 2. The molecule has 0 bridgehead atoms. The largest absolute Gasteiger partial charge is 0.494 e. The van der Waals surface area contributed by atoms with Crippen LogP contribution in [-0.2, 0) is 4.79 Å². The molecule has 2 aromatic heterocycles. The van der Waals surface area contributed by atoms with Crippen LogP contribution >= 0.6 is 0 Å². The topological polar surface area (TPSA) is 84.5 Å². The molecule has 1 aliphatic rings. The summed E-state index contributed by atoms with van der Waals surface area (Å²) >= 11 is 0. The number of H-pyrrole nitrogens is 1. The second-order valence-electron chi connectivity index (χ2n) is 7.12. The maximum Gasteiger partial charge on any atom is 0.295 e. The minimum Gasteiger partial charge on any atom is -0.494 e. The van der Waals surface area contributed by atoms with Gasteiger partial charge in [-0.3, -0.25) is 9.59 Å². The molecule has 1 atom stereocenters. The number of aromatic nitrogens is 2. The van der Waals surface area contributed by atoms with Crippen molar-refractivity contribution in [1.82, 2.24) is 14.9 Å². The molecule has 3 heterocycles. The van der Waals surface area contributed by atoms with E-state index in [2.05, 4.69) is 23.5 Å². The highest BCUT2D eigenvalue weighted by molar-refractivity contribution is 6.45. The molecule has 28 heavy (non-hydrogen) atoms. The Hall–Kier alpha value is -2.83. The van der Waals surface area contributed by atoms with E-state index in [-0.39, 0.29) is 11.6 Å². The molecule has 0 radical (unpaired) electrons. The molecule has 0 saturated carbocycles. The van der Waals surface area contributed by atoms with Crippen LogP contribution in [0.1, 0.15) is 49.4 Å². The third-order valence-electron chi connectivity index (χ3n) is 5.31. The monoisotopic (exact) mass is 385 g/mol. The first-order chi connectivity index (χ1) is 13.5. The average Bonchev–Trinajstić information content (AvgIpc) is 3.15. The number of amides is 1. The molecule has 1 amide bonds. The Labute approximate surface area is 164 Å². The van der Waals surface area contributed by atoms with Gasteiger partial charge in [-0.2, -0.15) is 0 Å². The number of nitrogens with zero attached hydrogens (tertiary/aromatic N) is 2. The number of hydrogen-bond donors (Lipinski definition) is 1. The van der Waals surface area contributed by atoms with Crippen LogP contribution in [0, 0.1) is 0 Å². The first kappa shape index (κ1) is 19.9. The van der Waals surface area contributed by atoms with Crippen LogP contribution in [0.2, 0.25) is 0 Å². The van der Waals surface area contributed by atoms with E-state index in [9.17, 15) is 9.59 Å². The number of ether oxygens (including phenoxy) is 2. The summed E-state index contributed by atoms with van der Waals surface area (Å²) in [5.41, 5.74) is 1.95. The van der Waals surface area contributed by atoms with E-state index in [1.807, 2.05) is 0 Å². The van der Waals surface area contributed by atoms with Crippen LogP contribution in [0.5, 0.6) is 11.6 Å². The van der Waals surface area contributed by atoms with Gasteiger partial charge in [-0.15, -0.1) is 0 Å². The number of pyridine rings is 1. The molecule has 1 unspecified atom stereocenters. The molecule has 1 fully saturated rings. The lowest BCUT2D eigenvalue weighted by Crippen LogP contribution is -2.47. The lowest BCUT2D eigenvalue weighted by Gasteiger charge is -2.36. The van der Waals surface area contributed by atoms with E-state index < -0.39 is 11.7 Å². The highest BCUT2D eigenvalue weighted by Gasteiger charge is 2.33. The zero-order chi connectivity index (χ0) is 20.3. The van der Waals surface area contributed by atoms with E-state index in [0.717, 1.165) is 37.7 Å². The van der Waals surface area contributed by atoms with Crippen LogP contribution in [0.15, 0.2) is 24.5 Å². The third kappa shape index (κ3) is 3.61. The summed E-state index contributed by atoms with van der Waals surface area (Å²) in [7, 11) is 3.00. The van der Waals surface area contributed by atoms with Crippen LogP contribution in [0.3, 0.4) is 0 Å². The van der Waals surface area contributed by atoms with Gasteiger partial charge < -0.3 is 19.4 Å². The third-order valence-corrected chi connectivity index (χ3v) is 5.31. The maximum atomic E-state index is 13.1. The lowest BCUT2D eigenvalue weighted by molar-refractivity contribution is -0.129. The Morgan fingerprint density at radius 3 is 2.82 bits per heavy atom. The summed E-state index contributed by atoms with van der Waals surface area (Å²) in [5, 5.41) is 0.513. The predicted molar refractivity (Wildman–Crippen MR) is 107 cm³/mol. The summed E-state index contributed by atoms with van der Waals surface area (Å²) in [5.74, 6) is -0.265. The summed E-state index contributed by atoms with van der Waals surface area (Å²) in [6, 6.07) is 0.0287. The molecule has 2 aromatic rings. The average molecular weight is 385 g/mol. The van der Waals surface area contributed by atoms with Gasteiger partial charge in [0, 0.05) is 18.8 Å². The Kier molecular flexibility index (Phi) is 6.02. The van der Waals surface area contributed by atoms with E-state index in [4.69, 9.17) is 9.47 Å². The van der Waals surface area contributed by atoms with Crippen molar-refractivity contribution in [1.29, 1.82) is 0 Å². The number of carbonyl (C=O) groups is 2. The van der Waals surface area contributed by atoms with Gasteiger partial charge in [0.1, 0.15) is 11.3 Å². The van der Waals surface area contributed by atoms with Gasteiger partial charge in [-0.25, -0.2) is 4.98 Å². The number of unbranched alkanes of at least 4 members (excludes halogenated alkanes) is 1. The molecule has 0 aliphatic carbocycles. The quantitative estimate of drug-likeness (QED) is 0.448. The van der Waals surface area contributed by atoms with Crippen LogP contribution < -0.4 is 9.47 Å².